The van der Waals surface area contributed by atoms with Gasteiger partial charge >= 0.3 is 0 Å². The molecule has 1 aromatic heterocycles. The van der Waals surface area contributed by atoms with Crippen molar-refractivity contribution in [3.05, 3.63) is 59.9 Å². The third-order valence-electron chi connectivity index (χ3n) is 3.51. The molecule has 1 aromatic carbocycles. The summed E-state index contributed by atoms with van der Waals surface area (Å²) in [4.78, 5) is 4.40. The molecule has 0 bridgehead atoms. The van der Waals surface area contributed by atoms with Crippen LogP contribution in [0.5, 0.6) is 5.75 Å². The summed E-state index contributed by atoms with van der Waals surface area (Å²) in [6.07, 6.45) is 5.63. The van der Waals surface area contributed by atoms with Crippen molar-refractivity contribution in [2.75, 3.05) is 6.61 Å². The third kappa shape index (κ3) is 5.56. The fraction of sp³-hybridized carbons (Fsp3) is 0.389. The van der Waals surface area contributed by atoms with E-state index in [1.807, 2.05) is 18.2 Å². The summed E-state index contributed by atoms with van der Waals surface area (Å²) in [7, 11) is 0. The third-order valence-corrected chi connectivity index (χ3v) is 3.51. The van der Waals surface area contributed by atoms with Gasteiger partial charge in [0.15, 0.2) is 0 Å². The van der Waals surface area contributed by atoms with E-state index in [2.05, 4.69) is 36.2 Å². The highest BCUT2D eigenvalue weighted by atomic mass is 16.5. The van der Waals surface area contributed by atoms with Crippen LogP contribution in [0.2, 0.25) is 0 Å². The first kappa shape index (κ1) is 15.5. The number of ether oxygens (including phenoxy) is 1. The van der Waals surface area contributed by atoms with Crippen molar-refractivity contribution in [3.8, 4) is 5.75 Å². The average molecular weight is 284 g/mol. The molecule has 0 aliphatic rings. The molecule has 1 unspecified atom stereocenters. The van der Waals surface area contributed by atoms with Crippen LogP contribution in [0.4, 0.5) is 0 Å². The second kappa shape index (κ2) is 8.42. The summed E-state index contributed by atoms with van der Waals surface area (Å²) in [5.74, 6) is 0.830. The zero-order chi connectivity index (χ0) is 14.9. The highest BCUT2D eigenvalue weighted by molar-refractivity contribution is 5.20. The van der Waals surface area contributed by atoms with Crippen LogP contribution >= 0.6 is 0 Å². The van der Waals surface area contributed by atoms with Crippen molar-refractivity contribution in [3.63, 3.8) is 0 Å². The molecule has 1 heterocycles. The molecule has 0 fully saturated rings. The number of nitrogens with two attached hydrogens (primary N) is 1. The molecule has 2 aromatic rings. The summed E-state index contributed by atoms with van der Waals surface area (Å²) in [5, 5.41) is 0. The number of aryl methyl sites for hydroxylation is 1. The Hall–Kier alpha value is -1.87. The first-order valence-corrected chi connectivity index (χ1v) is 7.65. The van der Waals surface area contributed by atoms with Gasteiger partial charge in [-0.3, -0.25) is 4.98 Å². The van der Waals surface area contributed by atoms with Crippen molar-refractivity contribution in [1.29, 1.82) is 0 Å². The first-order valence-electron chi connectivity index (χ1n) is 7.65. The molecule has 2 rings (SSSR count). The summed E-state index contributed by atoms with van der Waals surface area (Å²) in [5.41, 5.74) is 8.30. The van der Waals surface area contributed by atoms with Crippen molar-refractivity contribution in [2.45, 2.75) is 38.6 Å². The molecule has 0 aliphatic heterocycles. The molecule has 1 atom stereocenters. The van der Waals surface area contributed by atoms with Crippen molar-refractivity contribution in [2.24, 2.45) is 5.73 Å². The van der Waals surface area contributed by atoms with Gasteiger partial charge in [0.25, 0.3) is 0 Å². The van der Waals surface area contributed by atoms with Crippen LogP contribution < -0.4 is 10.5 Å². The number of aromatic nitrogens is 1. The van der Waals surface area contributed by atoms with Gasteiger partial charge in [-0.1, -0.05) is 37.3 Å². The Balaban J connectivity index is 1.71. The Morgan fingerprint density at radius 1 is 1.14 bits per heavy atom. The van der Waals surface area contributed by atoms with E-state index < -0.39 is 0 Å². The van der Waals surface area contributed by atoms with E-state index in [4.69, 9.17) is 10.5 Å². The number of nitrogens with zero attached hydrogens (tertiary/aromatic N) is 1. The Bertz CT molecular complexity index is 511. The highest BCUT2D eigenvalue weighted by Crippen LogP contribution is 2.11. The van der Waals surface area contributed by atoms with E-state index in [9.17, 15) is 0 Å². The molecule has 0 saturated heterocycles. The van der Waals surface area contributed by atoms with E-state index in [1.165, 1.54) is 5.56 Å². The lowest BCUT2D eigenvalue weighted by molar-refractivity contribution is 0.309. The van der Waals surface area contributed by atoms with Crippen LogP contribution in [0.3, 0.4) is 0 Å². The van der Waals surface area contributed by atoms with Gasteiger partial charge in [0.2, 0.25) is 0 Å². The van der Waals surface area contributed by atoms with Gasteiger partial charge in [-0.15, -0.1) is 0 Å². The first-order chi connectivity index (χ1) is 10.3. The second-order valence-electron chi connectivity index (χ2n) is 5.30. The monoisotopic (exact) mass is 284 g/mol. The maximum Gasteiger partial charge on any atom is 0.137 e. The molecule has 3 nitrogen and oxygen atoms in total. The Morgan fingerprint density at radius 2 is 1.95 bits per heavy atom. The lowest BCUT2D eigenvalue weighted by atomic mass is 10.1. The van der Waals surface area contributed by atoms with Crippen LogP contribution in [0, 0.1) is 0 Å². The fourth-order valence-electron chi connectivity index (χ4n) is 2.14. The molecule has 0 radical (unpaired) electrons. The van der Waals surface area contributed by atoms with Crippen LogP contribution in [0.1, 0.15) is 31.0 Å². The molecule has 0 amide bonds. The van der Waals surface area contributed by atoms with E-state index in [0.29, 0.717) is 6.61 Å². The van der Waals surface area contributed by atoms with Gasteiger partial charge in [0.1, 0.15) is 5.75 Å². The smallest absolute Gasteiger partial charge is 0.137 e. The molecule has 0 spiro atoms. The molecule has 21 heavy (non-hydrogen) atoms. The quantitative estimate of drug-likeness (QED) is 0.756. The molecular weight excluding hydrogens is 260 g/mol. The minimum Gasteiger partial charge on any atom is -0.492 e. The summed E-state index contributed by atoms with van der Waals surface area (Å²) in [6, 6.07) is 14.6. The maximum atomic E-state index is 5.93. The van der Waals surface area contributed by atoms with Crippen LogP contribution in [0.15, 0.2) is 48.7 Å². The predicted molar refractivity (Wildman–Crippen MR) is 86.5 cm³/mol. The Morgan fingerprint density at radius 3 is 2.62 bits per heavy atom. The van der Waals surface area contributed by atoms with E-state index in [-0.39, 0.29) is 6.04 Å². The van der Waals surface area contributed by atoms with Gasteiger partial charge in [-0.05, 0) is 37.0 Å². The van der Waals surface area contributed by atoms with Crippen LogP contribution in [-0.2, 0) is 12.8 Å². The molecule has 112 valence electrons. The van der Waals surface area contributed by atoms with Crippen LogP contribution in [0.25, 0.3) is 0 Å². The summed E-state index contributed by atoms with van der Waals surface area (Å²) < 4.78 is 5.72. The van der Waals surface area contributed by atoms with Crippen molar-refractivity contribution < 1.29 is 4.74 Å². The predicted octanol–water partition coefficient (Wildman–Crippen LogP) is 3.37. The van der Waals surface area contributed by atoms with Gasteiger partial charge in [-0.2, -0.15) is 0 Å². The number of hydrogen-bond donors (Lipinski definition) is 1. The number of benzene rings is 1. The fourth-order valence-corrected chi connectivity index (χ4v) is 2.14. The zero-order valence-corrected chi connectivity index (χ0v) is 12.7. The molecule has 3 heteroatoms. The average Bonchev–Trinajstić information content (AvgIpc) is 2.54. The van der Waals surface area contributed by atoms with Gasteiger partial charge in [0, 0.05) is 18.2 Å². The van der Waals surface area contributed by atoms with Gasteiger partial charge < -0.3 is 10.5 Å². The normalized spacial score (nSPS) is 12.1. The number of rotatable bonds is 8. The van der Waals surface area contributed by atoms with Gasteiger partial charge in [0.05, 0.1) is 12.8 Å². The molecule has 0 saturated carbocycles. The Kier molecular flexibility index (Phi) is 6.22. The summed E-state index contributed by atoms with van der Waals surface area (Å²) in [6.45, 7) is 2.80. The minimum atomic E-state index is 0.190. The van der Waals surface area contributed by atoms with E-state index in [1.54, 1.807) is 6.20 Å². The van der Waals surface area contributed by atoms with Crippen LogP contribution in [-0.4, -0.2) is 17.6 Å². The standard InChI is InChI=1S/C18H24N2O/c1-2-16(19)13-17-10-11-18(14-20-17)21-12-6-9-15-7-4-3-5-8-15/h3-5,7-8,10-11,14,16H,2,6,9,12-13,19H2,1H3. The summed E-state index contributed by atoms with van der Waals surface area (Å²) >= 11 is 0. The zero-order valence-electron chi connectivity index (χ0n) is 12.7. The lowest BCUT2D eigenvalue weighted by Gasteiger charge is -2.09. The largest absolute Gasteiger partial charge is 0.492 e. The number of pyridine rings is 1. The SMILES string of the molecule is CCC(N)Cc1ccc(OCCCc2ccccc2)cn1. The highest BCUT2D eigenvalue weighted by Gasteiger charge is 2.03. The molecular formula is C18H24N2O. The Labute approximate surface area is 127 Å². The molecule has 0 aliphatic carbocycles. The second-order valence-corrected chi connectivity index (χ2v) is 5.30. The van der Waals surface area contributed by atoms with Gasteiger partial charge in [-0.25, -0.2) is 0 Å². The lowest BCUT2D eigenvalue weighted by Crippen LogP contribution is -2.21. The number of hydrogen-bond acceptors (Lipinski definition) is 3. The molecule has 2 N–H and O–H groups in total. The van der Waals surface area contributed by atoms with E-state index >= 15 is 0 Å². The topological polar surface area (TPSA) is 48.1 Å². The minimum absolute atomic E-state index is 0.190. The van der Waals surface area contributed by atoms with Crippen molar-refractivity contribution >= 4 is 0 Å². The van der Waals surface area contributed by atoms with Crippen molar-refractivity contribution in [1.82, 2.24) is 4.98 Å². The van der Waals surface area contributed by atoms with E-state index in [0.717, 1.165) is 37.1 Å². The maximum absolute atomic E-state index is 5.93.